The van der Waals surface area contributed by atoms with E-state index >= 15 is 0 Å². The van der Waals surface area contributed by atoms with Crippen LogP contribution >= 0.6 is 11.6 Å². The van der Waals surface area contributed by atoms with Crippen LogP contribution in [0.15, 0.2) is 66.9 Å². The molecule has 4 aromatic rings. The first-order valence-electron chi connectivity index (χ1n) is 11.6. The van der Waals surface area contributed by atoms with Crippen LogP contribution in [0.1, 0.15) is 29.2 Å². The SMILES string of the molecule is CCOc1cc(CN[C@H](Cc2c[nH]c3ccccc23)C(=O)O)cc(Cl)c1OCc1cccc(C)c1. The summed E-state index contributed by atoms with van der Waals surface area (Å²) in [5.41, 5.74) is 4.95. The van der Waals surface area contributed by atoms with Gasteiger partial charge in [-0.15, -0.1) is 0 Å². The highest BCUT2D eigenvalue weighted by Crippen LogP contribution is 2.37. The number of hydrogen-bond donors (Lipinski definition) is 3. The molecule has 3 aromatic carbocycles. The average Bonchev–Trinajstić information content (AvgIpc) is 3.24. The number of aromatic amines is 1. The summed E-state index contributed by atoms with van der Waals surface area (Å²) < 4.78 is 11.8. The van der Waals surface area contributed by atoms with Gasteiger partial charge in [-0.2, -0.15) is 0 Å². The van der Waals surface area contributed by atoms with E-state index in [0.29, 0.717) is 42.7 Å². The molecule has 0 saturated carbocycles. The normalized spacial score (nSPS) is 12.0. The Bertz CT molecular complexity index is 1320. The maximum absolute atomic E-state index is 12.0. The van der Waals surface area contributed by atoms with E-state index in [1.165, 1.54) is 0 Å². The molecular formula is C28H29ClN2O4. The van der Waals surface area contributed by atoms with Gasteiger partial charge in [-0.3, -0.25) is 4.79 Å². The summed E-state index contributed by atoms with van der Waals surface area (Å²) >= 11 is 6.57. The second-order valence-corrected chi connectivity index (χ2v) is 8.86. The third kappa shape index (κ3) is 6.15. The Balaban J connectivity index is 1.47. The third-order valence-electron chi connectivity index (χ3n) is 5.78. The number of halogens is 1. The molecule has 0 bridgehead atoms. The average molecular weight is 493 g/mol. The zero-order valence-electron chi connectivity index (χ0n) is 19.8. The van der Waals surface area contributed by atoms with Crippen molar-refractivity contribution in [3.05, 3.63) is 94.1 Å². The molecule has 7 heteroatoms. The number of carboxylic acid groups (broad SMARTS) is 1. The van der Waals surface area contributed by atoms with E-state index in [9.17, 15) is 9.90 Å². The van der Waals surface area contributed by atoms with E-state index in [2.05, 4.69) is 16.4 Å². The molecule has 0 fully saturated rings. The number of aliphatic carboxylic acids is 1. The molecule has 4 rings (SSSR count). The highest BCUT2D eigenvalue weighted by atomic mass is 35.5. The highest BCUT2D eigenvalue weighted by molar-refractivity contribution is 6.32. The molecule has 0 aliphatic heterocycles. The van der Waals surface area contributed by atoms with Crippen molar-refractivity contribution in [2.24, 2.45) is 0 Å². The Kier molecular flexibility index (Phi) is 7.95. The van der Waals surface area contributed by atoms with Crippen molar-refractivity contribution in [2.45, 2.75) is 39.5 Å². The molecule has 6 nitrogen and oxygen atoms in total. The summed E-state index contributed by atoms with van der Waals surface area (Å²) in [6.45, 7) is 5.06. The fraction of sp³-hybridized carbons (Fsp3) is 0.250. The summed E-state index contributed by atoms with van der Waals surface area (Å²) in [7, 11) is 0. The predicted molar refractivity (Wildman–Crippen MR) is 138 cm³/mol. The van der Waals surface area contributed by atoms with Crippen LogP contribution < -0.4 is 14.8 Å². The van der Waals surface area contributed by atoms with Gasteiger partial charge in [0.05, 0.1) is 11.6 Å². The second-order valence-electron chi connectivity index (χ2n) is 8.45. The fourth-order valence-corrected chi connectivity index (χ4v) is 4.38. The molecule has 1 heterocycles. The molecule has 0 aliphatic rings. The number of benzene rings is 3. The fourth-order valence-electron chi connectivity index (χ4n) is 4.09. The minimum atomic E-state index is -0.912. The van der Waals surface area contributed by atoms with Crippen molar-refractivity contribution >= 4 is 28.5 Å². The van der Waals surface area contributed by atoms with Gasteiger partial charge in [0.25, 0.3) is 0 Å². The Hall–Kier alpha value is -3.48. The van der Waals surface area contributed by atoms with Crippen LogP contribution in [0.4, 0.5) is 0 Å². The number of nitrogens with one attached hydrogen (secondary N) is 2. The van der Waals surface area contributed by atoms with Crippen LogP contribution in [0.5, 0.6) is 11.5 Å². The van der Waals surface area contributed by atoms with Crippen molar-refractivity contribution in [3.8, 4) is 11.5 Å². The smallest absolute Gasteiger partial charge is 0.321 e. The van der Waals surface area contributed by atoms with Gasteiger partial charge in [-0.25, -0.2) is 0 Å². The van der Waals surface area contributed by atoms with Crippen LogP contribution in [-0.4, -0.2) is 28.7 Å². The molecule has 182 valence electrons. The number of carboxylic acids is 1. The highest BCUT2D eigenvalue weighted by Gasteiger charge is 2.20. The number of hydrogen-bond acceptors (Lipinski definition) is 4. The van der Waals surface area contributed by atoms with Crippen molar-refractivity contribution in [3.63, 3.8) is 0 Å². The Morgan fingerprint density at radius 3 is 2.69 bits per heavy atom. The molecule has 1 atom stereocenters. The van der Waals surface area contributed by atoms with Crippen LogP contribution in [0.25, 0.3) is 10.9 Å². The van der Waals surface area contributed by atoms with Crippen molar-refractivity contribution in [2.75, 3.05) is 6.61 Å². The van der Waals surface area contributed by atoms with Crippen molar-refractivity contribution in [1.29, 1.82) is 0 Å². The molecular weight excluding hydrogens is 464 g/mol. The molecule has 0 aliphatic carbocycles. The zero-order valence-corrected chi connectivity index (χ0v) is 20.6. The van der Waals surface area contributed by atoms with Crippen molar-refractivity contribution < 1.29 is 19.4 Å². The van der Waals surface area contributed by atoms with E-state index in [1.807, 2.05) is 68.6 Å². The first-order valence-corrected chi connectivity index (χ1v) is 12.0. The lowest BCUT2D eigenvalue weighted by Gasteiger charge is -2.18. The monoisotopic (exact) mass is 492 g/mol. The number of aromatic nitrogens is 1. The van der Waals surface area contributed by atoms with Crippen LogP contribution in [-0.2, 0) is 24.4 Å². The number of aryl methyl sites for hydroxylation is 1. The molecule has 0 amide bonds. The number of fused-ring (bicyclic) bond motifs is 1. The summed E-state index contributed by atoms with van der Waals surface area (Å²) in [5, 5.41) is 14.4. The van der Waals surface area contributed by atoms with Gasteiger partial charge in [0, 0.05) is 30.1 Å². The van der Waals surface area contributed by atoms with Gasteiger partial charge in [-0.05, 0) is 48.7 Å². The first kappa shape index (κ1) is 24.6. The number of carbonyl (C=O) groups is 1. The quantitative estimate of drug-likeness (QED) is 0.243. The van der Waals surface area contributed by atoms with Crippen LogP contribution in [0.2, 0.25) is 5.02 Å². The number of rotatable bonds is 11. The number of H-pyrrole nitrogens is 1. The van der Waals surface area contributed by atoms with Gasteiger partial charge in [0.1, 0.15) is 12.6 Å². The van der Waals surface area contributed by atoms with Crippen molar-refractivity contribution in [1.82, 2.24) is 10.3 Å². The number of ether oxygens (including phenoxy) is 2. The molecule has 0 saturated heterocycles. The van der Waals surface area contributed by atoms with Crippen LogP contribution in [0.3, 0.4) is 0 Å². The number of para-hydroxylation sites is 1. The lowest BCUT2D eigenvalue weighted by atomic mass is 10.0. The Morgan fingerprint density at radius 1 is 1.09 bits per heavy atom. The molecule has 3 N–H and O–H groups in total. The van der Waals surface area contributed by atoms with Gasteiger partial charge in [0.15, 0.2) is 11.5 Å². The van der Waals surface area contributed by atoms with Gasteiger partial charge in [0.2, 0.25) is 0 Å². The largest absolute Gasteiger partial charge is 0.490 e. The van der Waals surface area contributed by atoms with Crippen LogP contribution in [0, 0.1) is 6.92 Å². The first-order chi connectivity index (χ1) is 16.9. The standard InChI is InChI=1S/C28H29ClN2O4/c1-3-34-26-13-20(12-23(29)27(26)35-17-19-8-6-7-18(2)11-19)15-30-25(28(32)33)14-21-16-31-24-10-5-4-9-22(21)24/h4-13,16,25,30-31H,3,14-15,17H2,1-2H3,(H,32,33)/t25-/m1/s1. The minimum absolute atomic E-state index is 0.317. The zero-order chi connectivity index (χ0) is 24.8. The minimum Gasteiger partial charge on any atom is -0.490 e. The van der Waals surface area contributed by atoms with E-state index in [4.69, 9.17) is 21.1 Å². The lowest BCUT2D eigenvalue weighted by molar-refractivity contribution is -0.139. The van der Waals surface area contributed by atoms with Gasteiger partial charge < -0.3 is 24.9 Å². The summed E-state index contributed by atoms with van der Waals surface area (Å²) in [5.74, 6) is 0.102. The molecule has 35 heavy (non-hydrogen) atoms. The van der Waals surface area contributed by atoms with E-state index < -0.39 is 12.0 Å². The Labute approximate surface area is 209 Å². The lowest BCUT2D eigenvalue weighted by Crippen LogP contribution is -2.38. The Morgan fingerprint density at radius 2 is 1.91 bits per heavy atom. The van der Waals surface area contributed by atoms with Gasteiger partial charge >= 0.3 is 5.97 Å². The molecule has 0 radical (unpaired) electrons. The maximum atomic E-state index is 12.0. The van der Waals surface area contributed by atoms with E-state index in [-0.39, 0.29) is 0 Å². The van der Waals surface area contributed by atoms with E-state index in [0.717, 1.165) is 33.2 Å². The molecule has 0 unspecified atom stereocenters. The topological polar surface area (TPSA) is 83.6 Å². The summed E-state index contributed by atoms with van der Waals surface area (Å²) in [4.78, 5) is 15.2. The summed E-state index contributed by atoms with van der Waals surface area (Å²) in [6.07, 6.45) is 2.22. The predicted octanol–water partition coefficient (Wildman–Crippen LogP) is 5.89. The summed E-state index contributed by atoms with van der Waals surface area (Å²) in [6, 6.07) is 18.8. The maximum Gasteiger partial charge on any atom is 0.321 e. The van der Waals surface area contributed by atoms with E-state index in [1.54, 1.807) is 6.07 Å². The third-order valence-corrected chi connectivity index (χ3v) is 6.07. The molecule has 1 aromatic heterocycles. The molecule has 0 spiro atoms. The van der Waals surface area contributed by atoms with Gasteiger partial charge in [-0.1, -0.05) is 59.6 Å². The second kappa shape index (κ2) is 11.3.